The number of ether oxygens (including phenoxy) is 1. The van der Waals surface area contributed by atoms with Crippen molar-refractivity contribution in [2.75, 3.05) is 18.5 Å². The van der Waals surface area contributed by atoms with Crippen LogP contribution in [-0.4, -0.2) is 30.1 Å². The minimum Gasteiger partial charge on any atom is -0.379 e. The Labute approximate surface area is 117 Å². The van der Waals surface area contributed by atoms with Crippen LogP contribution in [0.1, 0.15) is 0 Å². The summed E-state index contributed by atoms with van der Waals surface area (Å²) in [5.41, 5.74) is 6.16. The first-order valence-electron chi connectivity index (χ1n) is 5.57. The van der Waals surface area contributed by atoms with Crippen LogP contribution in [-0.2, 0) is 9.53 Å². The molecular weight excluding hydrogens is 318 g/mol. The summed E-state index contributed by atoms with van der Waals surface area (Å²) in [6.45, 7) is 0.656. The molecule has 1 saturated heterocycles. The van der Waals surface area contributed by atoms with E-state index in [0.717, 1.165) is 0 Å². The second-order valence-electron chi connectivity index (χ2n) is 4.22. The van der Waals surface area contributed by atoms with E-state index in [-0.39, 0.29) is 17.6 Å². The van der Waals surface area contributed by atoms with Gasteiger partial charge in [-0.3, -0.25) is 14.9 Å². The molecule has 2 rings (SSSR count). The number of carbonyl (C=O) groups excluding carboxylic acids is 1. The van der Waals surface area contributed by atoms with Gasteiger partial charge in [-0.15, -0.1) is 0 Å². The molecule has 0 aromatic heterocycles. The van der Waals surface area contributed by atoms with Gasteiger partial charge in [-0.25, -0.2) is 0 Å². The number of hydrogen-bond donors (Lipinski definition) is 2. The highest BCUT2D eigenvalue weighted by Gasteiger charge is 2.31. The van der Waals surface area contributed by atoms with E-state index in [1.54, 1.807) is 0 Å². The highest BCUT2D eigenvalue weighted by Crippen LogP contribution is 2.28. The summed E-state index contributed by atoms with van der Waals surface area (Å²) in [6, 6.07) is 3.96. The highest BCUT2D eigenvalue weighted by atomic mass is 79.9. The number of nitrogens with one attached hydrogen (secondary N) is 1. The first-order chi connectivity index (χ1) is 8.99. The van der Waals surface area contributed by atoms with Gasteiger partial charge in [0.2, 0.25) is 5.91 Å². The Bertz CT molecular complexity index is 523. The van der Waals surface area contributed by atoms with Gasteiger partial charge in [0.05, 0.1) is 28.5 Å². The van der Waals surface area contributed by atoms with Crippen molar-refractivity contribution in [3.63, 3.8) is 0 Å². The average Bonchev–Trinajstić information content (AvgIpc) is 2.75. The number of nitro benzene ring substituents is 1. The Balaban J connectivity index is 2.09. The van der Waals surface area contributed by atoms with Crippen LogP contribution in [0.3, 0.4) is 0 Å². The van der Waals surface area contributed by atoms with Crippen molar-refractivity contribution in [1.82, 2.24) is 0 Å². The highest BCUT2D eigenvalue weighted by molar-refractivity contribution is 9.10. The van der Waals surface area contributed by atoms with Crippen LogP contribution < -0.4 is 11.1 Å². The summed E-state index contributed by atoms with van der Waals surface area (Å²) in [6.07, 6.45) is 0. The molecule has 0 aliphatic carbocycles. The van der Waals surface area contributed by atoms with Crippen LogP contribution in [0.4, 0.5) is 11.4 Å². The fourth-order valence-corrected chi connectivity index (χ4v) is 2.33. The number of rotatable bonds is 3. The molecule has 1 aromatic rings. The lowest BCUT2D eigenvalue weighted by Crippen LogP contribution is -2.37. The molecule has 0 radical (unpaired) electrons. The fraction of sp³-hybridized carbons (Fsp3) is 0.364. The van der Waals surface area contributed by atoms with Crippen molar-refractivity contribution in [2.45, 2.75) is 6.04 Å². The second kappa shape index (κ2) is 5.64. The molecule has 0 spiro atoms. The van der Waals surface area contributed by atoms with E-state index in [4.69, 9.17) is 10.5 Å². The lowest BCUT2D eigenvalue weighted by Gasteiger charge is -2.13. The largest absolute Gasteiger partial charge is 0.379 e. The summed E-state index contributed by atoms with van der Waals surface area (Å²) in [7, 11) is 0. The molecule has 7 nitrogen and oxygen atoms in total. The van der Waals surface area contributed by atoms with E-state index in [2.05, 4.69) is 21.2 Å². The molecule has 19 heavy (non-hydrogen) atoms. The van der Waals surface area contributed by atoms with Gasteiger partial charge < -0.3 is 15.8 Å². The summed E-state index contributed by atoms with van der Waals surface area (Å²) in [4.78, 5) is 22.1. The average molecular weight is 330 g/mol. The number of benzene rings is 1. The number of halogens is 1. The van der Waals surface area contributed by atoms with Gasteiger partial charge in [0.25, 0.3) is 5.69 Å². The van der Waals surface area contributed by atoms with Crippen LogP contribution in [0.25, 0.3) is 0 Å². The van der Waals surface area contributed by atoms with Gasteiger partial charge in [0.1, 0.15) is 0 Å². The number of nitrogens with zero attached hydrogens (tertiary/aromatic N) is 1. The molecule has 1 aliphatic rings. The Morgan fingerprint density at radius 2 is 2.26 bits per heavy atom. The third kappa shape index (κ3) is 3.09. The molecule has 0 saturated carbocycles. The van der Waals surface area contributed by atoms with Crippen LogP contribution in [0.2, 0.25) is 0 Å². The first kappa shape index (κ1) is 13.9. The summed E-state index contributed by atoms with van der Waals surface area (Å²) in [5, 5.41) is 13.3. The summed E-state index contributed by atoms with van der Waals surface area (Å²) in [5.74, 6) is -0.639. The minimum atomic E-state index is -0.504. The van der Waals surface area contributed by atoms with E-state index < -0.39 is 10.8 Å². The summed E-state index contributed by atoms with van der Waals surface area (Å²) >= 11 is 3.09. The van der Waals surface area contributed by atoms with E-state index in [9.17, 15) is 14.9 Å². The minimum absolute atomic E-state index is 0.0566. The van der Waals surface area contributed by atoms with Crippen molar-refractivity contribution in [1.29, 1.82) is 0 Å². The second-order valence-corrected chi connectivity index (χ2v) is 5.07. The van der Waals surface area contributed by atoms with Gasteiger partial charge in [-0.2, -0.15) is 0 Å². The molecule has 3 N–H and O–H groups in total. The van der Waals surface area contributed by atoms with Crippen molar-refractivity contribution in [2.24, 2.45) is 11.7 Å². The number of anilines is 1. The van der Waals surface area contributed by atoms with E-state index in [0.29, 0.717) is 23.4 Å². The molecule has 2 unspecified atom stereocenters. The molecule has 1 aromatic carbocycles. The Hall–Kier alpha value is -1.51. The molecule has 2 atom stereocenters. The van der Waals surface area contributed by atoms with Crippen LogP contribution in [0.15, 0.2) is 22.7 Å². The molecule has 1 fully saturated rings. The quantitative estimate of drug-likeness (QED) is 0.641. The molecule has 1 heterocycles. The van der Waals surface area contributed by atoms with Crippen molar-refractivity contribution in [3.05, 3.63) is 32.8 Å². The molecule has 102 valence electrons. The van der Waals surface area contributed by atoms with E-state index >= 15 is 0 Å². The Morgan fingerprint density at radius 1 is 1.53 bits per heavy atom. The lowest BCUT2D eigenvalue weighted by atomic mass is 10.0. The number of hydrogen-bond acceptors (Lipinski definition) is 5. The predicted molar refractivity (Wildman–Crippen MR) is 71.7 cm³/mol. The van der Waals surface area contributed by atoms with Gasteiger partial charge in [-0.05, 0) is 28.1 Å². The van der Waals surface area contributed by atoms with Crippen molar-refractivity contribution in [3.8, 4) is 0 Å². The zero-order valence-electron chi connectivity index (χ0n) is 9.84. The third-order valence-corrected chi connectivity index (χ3v) is 3.51. The van der Waals surface area contributed by atoms with Gasteiger partial charge >= 0.3 is 0 Å². The van der Waals surface area contributed by atoms with E-state index in [1.165, 1.54) is 18.2 Å². The zero-order chi connectivity index (χ0) is 14.0. The molecule has 1 amide bonds. The SMILES string of the molecule is NC1COCC1C(=O)Nc1ccc([N+](=O)[O-])c(Br)c1. The first-order valence-corrected chi connectivity index (χ1v) is 6.36. The molecular formula is C11H12BrN3O4. The van der Waals surface area contributed by atoms with Crippen molar-refractivity contribution >= 4 is 33.2 Å². The van der Waals surface area contributed by atoms with Crippen LogP contribution in [0, 0.1) is 16.0 Å². The molecule has 1 aliphatic heterocycles. The lowest BCUT2D eigenvalue weighted by molar-refractivity contribution is -0.385. The standard InChI is InChI=1S/C11H12BrN3O4/c12-8-3-6(1-2-10(8)15(17)18)14-11(16)7-4-19-5-9(7)13/h1-3,7,9H,4-5,13H2,(H,14,16). The summed E-state index contributed by atoms with van der Waals surface area (Å²) < 4.78 is 5.43. The molecule has 8 heteroatoms. The smallest absolute Gasteiger partial charge is 0.283 e. The van der Waals surface area contributed by atoms with Crippen LogP contribution >= 0.6 is 15.9 Å². The normalized spacial score (nSPS) is 22.2. The Kier molecular flexibility index (Phi) is 4.13. The maximum absolute atomic E-state index is 11.9. The Morgan fingerprint density at radius 3 is 2.79 bits per heavy atom. The van der Waals surface area contributed by atoms with Gasteiger partial charge in [-0.1, -0.05) is 0 Å². The fourth-order valence-electron chi connectivity index (χ4n) is 1.81. The number of carbonyl (C=O) groups is 1. The van der Waals surface area contributed by atoms with Crippen molar-refractivity contribution < 1.29 is 14.5 Å². The van der Waals surface area contributed by atoms with Gasteiger partial charge in [0.15, 0.2) is 0 Å². The topological polar surface area (TPSA) is 107 Å². The molecule has 0 bridgehead atoms. The maximum Gasteiger partial charge on any atom is 0.283 e. The van der Waals surface area contributed by atoms with Crippen LogP contribution in [0.5, 0.6) is 0 Å². The predicted octanol–water partition coefficient (Wildman–Crippen LogP) is 1.27. The van der Waals surface area contributed by atoms with Gasteiger partial charge in [0, 0.05) is 17.8 Å². The number of nitro groups is 1. The third-order valence-electron chi connectivity index (χ3n) is 2.87. The monoisotopic (exact) mass is 329 g/mol. The number of amides is 1. The number of nitrogens with two attached hydrogens (primary N) is 1. The zero-order valence-corrected chi connectivity index (χ0v) is 11.4. The maximum atomic E-state index is 11.9. The van der Waals surface area contributed by atoms with E-state index in [1.807, 2.05) is 0 Å².